The standard InChI is InChI=1S/C6H16N2O2S/c1-4-8(5-2,6-3)7-11(9)10/h7H,4-6H2,1-3H3/p+1. The summed E-state index contributed by atoms with van der Waals surface area (Å²) in [5, 5.41) is 0. The highest BCUT2D eigenvalue weighted by Crippen LogP contribution is 1.99. The minimum atomic E-state index is -1.91. The second-order valence-corrected chi connectivity index (χ2v) is 3.12. The summed E-state index contributed by atoms with van der Waals surface area (Å²) in [5.41, 5.74) is 0. The van der Waals surface area contributed by atoms with Crippen LogP contribution in [0.25, 0.3) is 0 Å². The maximum atomic E-state index is 10.5. The molecule has 0 aliphatic rings. The molecule has 0 heterocycles. The van der Waals surface area contributed by atoms with E-state index in [1.165, 1.54) is 0 Å². The minimum Gasteiger partial charge on any atom is -0.290 e. The van der Waals surface area contributed by atoms with Crippen LogP contribution in [0.3, 0.4) is 0 Å². The molecule has 5 heteroatoms. The van der Waals surface area contributed by atoms with Crippen molar-refractivity contribution in [1.29, 1.82) is 0 Å². The van der Waals surface area contributed by atoms with Gasteiger partial charge in [0.1, 0.15) is 0 Å². The van der Waals surface area contributed by atoms with Crippen LogP contribution in [0.2, 0.25) is 0 Å². The van der Waals surface area contributed by atoms with E-state index in [-0.39, 0.29) is 0 Å². The van der Waals surface area contributed by atoms with Gasteiger partial charge in [0.15, 0.2) is 0 Å². The van der Waals surface area contributed by atoms with Crippen molar-refractivity contribution in [2.24, 2.45) is 0 Å². The maximum Gasteiger partial charge on any atom is 0.279 e. The molecule has 0 rings (SSSR count). The van der Waals surface area contributed by atoms with Crippen LogP contribution < -0.4 is 4.83 Å². The van der Waals surface area contributed by atoms with Crippen LogP contribution in [0.1, 0.15) is 20.8 Å². The third-order valence-corrected chi connectivity index (χ3v) is 2.63. The van der Waals surface area contributed by atoms with E-state index in [1.807, 2.05) is 20.8 Å². The van der Waals surface area contributed by atoms with Crippen LogP contribution in [-0.4, -0.2) is 33.0 Å². The lowest BCUT2D eigenvalue weighted by molar-refractivity contribution is -0.951. The van der Waals surface area contributed by atoms with Gasteiger partial charge in [0.05, 0.1) is 19.6 Å². The summed E-state index contributed by atoms with van der Waals surface area (Å²) in [6.45, 7) is 8.43. The van der Waals surface area contributed by atoms with Crippen molar-refractivity contribution in [3.05, 3.63) is 0 Å². The minimum absolute atomic E-state index is 0.489. The molecule has 0 aliphatic carbocycles. The summed E-state index contributed by atoms with van der Waals surface area (Å²) < 4.78 is 19.6. The number of hydrogen-bond acceptors (Lipinski definition) is 1. The van der Waals surface area contributed by atoms with Gasteiger partial charge < -0.3 is 0 Å². The number of nitrogens with one attached hydrogen (secondary N) is 1. The smallest absolute Gasteiger partial charge is 0.279 e. The lowest BCUT2D eigenvalue weighted by Crippen LogP contribution is -2.58. The highest BCUT2D eigenvalue weighted by Gasteiger charge is 2.22. The van der Waals surface area contributed by atoms with Crippen molar-refractivity contribution >= 4 is 11.3 Å². The molecule has 0 bridgehead atoms. The molecule has 1 unspecified atom stereocenters. The summed E-state index contributed by atoms with van der Waals surface area (Å²) in [6.07, 6.45) is 0. The van der Waals surface area contributed by atoms with E-state index in [2.05, 4.69) is 4.83 Å². The molecule has 11 heavy (non-hydrogen) atoms. The highest BCUT2D eigenvalue weighted by atomic mass is 32.2. The molecule has 0 aromatic rings. The van der Waals surface area contributed by atoms with Gasteiger partial charge >= 0.3 is 0 Å². The lowest BCUT2D eigenvalue weighted by atomic mass is 10.5. The van der Waals surface area contributed by atoms with E-state index in [4.69, 9.17) is 4.55 Å². The second kappa shape index (κ2) is 4.82. The molecule has 2 N–H and O–H groups in total. The Morgan fingerprint density at radius 2 is 1.64 bits per heavy atom. The van der Waals surface area contributed by atoms with Crippen LogP contribution >= 0.6 is 0 Å². The molecule has 4 nitrogen and oxygen atoms in total. The Balaban J connectivity index is 4.16. The van der Waals surface area contributed by atoms with Gasteiger partial charge in [-0.15, -0.1) is 0 Å². The fourth-order valence-electron chi connectivity index (χ4n) is 1.03. The zero-order chi connectivity index (χ0) is 8.91. The molecule has 68 valence electrons. The number of nitrogens with zero attached hydrogens (tertiary/aromatic N) is 1. The Hall–Kier alpha value is 0.0300. The first-order valence-corrected chi connectivity index (χ1v) is 4.95. The third kappa shape index (κ3) is 3.29. The first-order chi connectivity index (χ1) is 5.10. The Morgan fingerprint density at radius 1 is 1.27 bits per heavy atom. The number of hydrogen-bond donors (Lipinski definition) is 2. The molecule has 0 saturated heterocycles. The molecule has 0 fully saturated rings. The molecular weight excluding hydrogens is 164 g/mol. The van der Waals surface area contributed by atoms with E-state index in [1.54, 1.807) is 0 Å². The van der Waals surface area contributed by atoms with Gasteiger partial charge in [0.2, 0.25) is 0 Å². The molecule has 0 radical (unpaired) electrons. The van der Waals surface area contributed by atoms with Crippen LogP contribution in [-0.2, 0) is 11.3 Å². The Labute approximate surface area is 70.6 Å². The maximum absolute atomic E-state index is 10.5. The van der Waals surface area contributed by atoms with Gasteiger partial charge in [0.25, 0.3) is 11.3 Å². The average Bonchev–Trinajstić information content (AvgIpc) is 2.00. The Morgan fingerprint density at radius 3 is 1.73 bits per heavy atom. The molecule has 0 saturated carbocycles. The average molecular weight is 181 g/mol. The van der Waals surface area contributed by atoms with Crippen molar-refractivity contribution in [3.8, 4) is 0 Å². The normalized spacial score (nSPS) is 14.9. The van der Waals surface area contributed by atoms with Gasteiger partial charge in [-0.05, 0) is 20.8 Å². The van der Waals surface area contributed by atoms with Crippen LogP contribution in [0, 0.1) is 0 Å². The van der Waals surface area contributed by atoms with Crippen LogP contribution in [0.15, 0.2) is 0 Å². The third-order valence-electron chi connectivity index (χ3n) is 2.09. The fraction of sp³-hybridized carbons (Fsp3) is 1.00. The molecule has 0 amide bonds. The molecule has 1 atom stereocenters. The second-order valence-electron chi connectivity index (χ2n) is 2.43. The topological polar surface area (TPSA) is 49.3 Å². The van der Waals surface area contributed by atoms with Crippen molar-refractivity contribution in [2.45, 2.75) is 20.8 Å². The van der Waals surface area contributed by atoms with Gasteiger partial charge in [-0.3, -0.25) is 4.55 Å². The van der Waals surface area contributed by atoms with Crippen molar-refractivity contribution < 1.29 is 13.4 Å². The predicted molar refractivity (Wildman–Crippen MR) is 45.8 cm³/mol. The predicted octanol–water partition coefficient (Wildman–Crippen LogP) is 0.504. The zero-order valence-corrected chi connectivity index (χ0v) is 8.15. The molecule has 0 aliphatic heterocycles. The SMILES string of the molecule is CC[N+](CC)(CC)NS(=O)O. The number of rotatable bonds is 5. The molecule has 0 spiro atoms. The van der Waals surface area contributed by atoms with Crippen molar-refractivity contribution in [2.75, 3.05) is 19.6 Å². The first-order valence-electron chi connectivity index (χ1n) is 3.85. The van der Waals surface area contributed by atoms with E-state index >= 15 is 0 Å². The van der Waals surface area contributed by atoms with E-state index in [0.29, 0.717) is 4.59 Å². The van der Waals surface area contributed by atoms with Crippen molar-refractivity contribution in [3.63, 3.8) is 0 Å². The summed E-state index contributed by atoms with van der Waals surface area (Å²) in [6, 6.07) is 0. The monoisotopic (exact) mass is 181 g/mol. The van der Waals surface area contributed by atoms with E-state index in [9.17, 15) is 4.21 Å². The van der Waals surface area contributed by atoms with E-state index < -0.39 is 11.3 Å². The lowest BCUT2D eigenvalue weighted by Gasteiger charge is -2.32. The molecule has 0 aromatic carbocycles. The van der Waals surface area contributed by atoms with Gasteiger partial charge in [-0.25, -0.2) is 8.80 Å². The summed E-state index contributed by atoms with van der Waals surface area (Å²) in [4.78, 5) is 2.61. The van der Waals surface area contributed by atoms with Crippen LogP contribution in [0.4, 0.5) is 0 Å². The largest absolute Gasteiger partial charge is 0.290 e. The molecule has 0 aromatic heterocycles. The summed E-state index contributed by atoms with van der Waals surface area (Å²) in [5.74, 6) is 0. The zero-order valence-electron chi connectivity index (χ0n) is 7.33. The highest BCUT2D eigenvalue weighted by molar-refractivity contribution is 7.76. The van der Waals surface area contributed by atoms with Gasteiger partial charge in [-0.2, -0.15) is 0 Å². The van der Waals surface area contributed by atoms with E-state index in [0.717, 1.165) is 19.6 Å². The van der Waals surface area contributed by atoms with Crippen LogP contribution in [0.5, 0.6) is 0 Å². The molecular formula is C6H17N2O2S+. The Kier molecular flexibility index (Phi) is 4.83. The Bertz CT molecular complexity index is 128. The van der Waals surface area contributed by atoms with Crippen molar-refractivity contribution in [1.82, 2.24) is 4.83 Å². The summed E-state index contributed by atoms with van der Waals surface area (Å²) in [7, 11) is 0. The number of quaternary nitrogens is 1. The summed E-state index contributed by atoms with van der Waals surface area (Å²) >= 11 is -1.91. The fourth-order valence-corrected chi connectivity index (χ4v) is 1.75. The first kappa shape index (κ1) is 11.0. The van der Waals surface area contributed by atoms with Gasteiger partial charge in [0, 0.05) is 0 Å². The quantitative estimate of drug-likeness (QED) is 0.369. The van der Waals surface area contributed by atoms with Gasteiger partial charge in [-0.1, -0.05) is 4.83 Å².